The molecule has 0 radical (unpaired) electrons. The quantitative estimate of drug-likeness (QED) is 0.888. The molecule has 0 aromatic heterocycles. The van der Waals surface area contributed by atoms with Crippen LogP contribution in [0.1, 0.15) is 42.5 Å². The minimum Gasteiger partial charge on any atom is -0.486 e. The van der Waals surface area contributed by atoms with Crippen molar-refractivity contribution >= 4 is 11.9 Å². The van der Waals surface area contributed by atoms with Crippen LogP contribution in [0.5, 0.6) is 11.5 Å². The molecule has 1 fully saturated rings. The molecule has 0 unspecified atom stereocenters. The molecule has 118 valence electrons. The predicted molar refractivity (Wildman–Crippen MR) is 78.4 cm³/mol. The highest BCUT2D eigenvalue weighted by atomic mass is 16.6. The van der Waals surface area contributed by atoms with Gasteiger partial charge in [0.15, 0.2) is 11.5 Å². The number of hydrogen-bond acceptors (Lipinski definition) is 4. The first kappa shape index (κ1) is 14.7. The molecule has 2 N–H and O–H groups in total. The van der Waals surface area contributed by atoms with Crippen molar-refractivity contribution < 1.29 is 24.2 Å². The molecule has 0 atom stereocenters. The Morgan fingerprint density at radius 2 is 1.91 bits per heavy atom. The van der Waals surface area contributed by atoms with Gasteiger partial charge >= 0.3 is 5.97 Å². The van der Waals surface area contributed by atoms with Gasteiger partial charge in [0.1, 0.15) is 13.2 Å². The number of nitrogens with one attached hydrogen (secondary N) is 1. The maximum Gasteiger partial charge on any atom is 0.305 e. The zero-order valence-corrected chi connectivity index (χ0v) is 12.3. The molecule has 1 aliphatic carbocycles. The standard InChI is InChI=1S/C16H19NO5/c18-13(19)10-16(6-1-2-7-16)17-15(20)11-4-3-5-12-14(11)22-9-8-21-12/h3-5H,1-2,6-10H2,(H,17,20)(H,18,19). The zero-order valence-electron chi connectivity index (χ0n) is 12.3. The summed E-state index contributed by atoms with van der Waals surface area (Å²) in [6.45, 7) is 0.860. The minimum atomic E-state index is -0.892. The number of carboxylic acid groups (broad SMARTS) is 1. The molecular formula is C16H19NO5. The lowest BCUT2D eigenvalue weighted by molar-refractivity contribution is -0.138. The third kappa shape index (κ3) is 2.86. The van der Waals surface area contributed by atoms with Crippen molar-refractivity contribution in [3.63, 3.8) is 0 Å². The summed E-state index contributed by atoms with van der Waals surface area (Å²) < 4.78 is 11.0. The Morgan fingerprint density at radius 1 is 1.18 bits per heavy atom. The summed E-state index contributed by atoms with van der Waals surface area (Å²) >= 11 is 0. The highest BCUT2D eigenvalue weighted by Crippen LogP contribution is 2.36. The normalized spacial score (nSPS) is 18.7. The number of ether oxygens (including phenoxy) is 2. The zero-order chi connectivity index (χ0) is 15.6. The van der Waals surface area contributed by atoms with E-state index in [2.05, 4.69) is 5.32 Å². The third-order valence-electron chi connectivity index (χ3n) is 4.24. The second-order valence-electron chi connectivity index (χ2n) is 5.84. The van der Waals surface area contributed by atoms with Crippen LogP contribution in [0.25, 0.3) is 0 Å². The average Bonchev–Trinajstić information content (AvgIpc) is 2.93. The fourth-order valence-electron chi connectivity index (χ4n) is 3.25. The van der Waals surface area contributed by atoms with Gasteiger partial charge in [-0.25, -0.2) is 0 Å². The Hall–Kier alpha value is -2.24. The first-order valence-corrected chi connectivity index (χ1v) is 7.53. The van der Waals surface area contributed by atoms with E-state index in [0.29, 0.717) is 43.1 Å². The maximum absolute atomic E-state index is 12.6. The van der Waals surface area contributed by atoms with Crippen molar-refractivity contribution in [1.29, 1.82) is 0 Å². The summed E-state index contributed by atoms with van der Waals surface area (Å²) in [5.74, 6) is -0.199. The minimum absolute atomic E-state index is 0.0505. The number of carboxylic acids is 1. The number of para-hydroxylation sites is 1. The van der Waals surface area contributed by atoms with Gasteiger partial charge in [0.25, 0.3) is 5.91 Å². The third-order valence-corrected chi connectivity index (χ3v) is 4.24. The molecule has 1 amide bonds. The van der Waals surface area contributed by atoms with E-state index in [1.165, 1.54) is 0 Å². The topological polar surface area (TPSA) is 84.9 Å². The van der Waals surface area contributed by atoms with Gasteiger partial charge in [-0.3, -0.25) is 9.59 Å². The Morgan fingerprint density at radius 3 is 2.64 bits per heavy atom. The second-order valence-corrected chi connectivity index (χ2v) is 5.84. The molecule has 1 aromatic rings. The molecule has 1 aliphatic heterocycles. The lowest BCUT2D eigenvalue weighted by Crippen LogP contribution is -2.48. The number of hydrogen-bond donors (Lipinski definition) is 2. The van der Waals surface area contributed by atoms with E-state index >= 15 is 0 Å². The maximum atomic E-state index is 12.6. The van der Waals surface area contributed by atoms with Crippen LogP contribution >= 0.6 is 0 Å². The molecule has 22 heavy (non-hydrogen) atoms. The summed E-state index contributed by atoms with van der Waals surface area (Å²) in [6.07, 6.45) is 3.19. The van der Waals surface area contributed by atoms with Crippen molar-refractivity contribution in [3.05, 3.63) is 23.8 Å². The number of amides is 1. The lowest BCUT2D eigenvalue weighted by Gasteiger charge is -2.29. The van der Waals surface area contributed by atoms with Crippen LogP contribution in [0, 0.1) is 0 Å². The SMILES string of the molecule is O=C(O)CC1(NC(=O)c2cccc3c2OCCO3)CCCC1. The fourth-order valence-corrected chi connectivity index (χ4v) is 3.25. The van der Waals surface area contributed by atoms with Crippen molar-refractivity contribution in [2.24, 2.45) is 0 Å². The van der Waals surface area contributed by atoms with Gasteiger partial charge in [0.2, 0.25) is 0 Å². The lowest BCUT2D eigenvalue weighted by atomic mass is 9.92. The van der Waals surface area contributed by atoms with Crippen molar-refractivity contribution in [3.8, 4) is 11.5 Å². The van der Waals surface area contributed by atoms with Gasteiger partial charge < -0.3 is 19.9 Å². The van der Waals surface area contributed by atoms with Crippen LogP contribution < -0.4 is 14.8 Å². The Balaban J connectivity index is 1.83. The second kappa shape index (κ2) is 5.87. The predicted octanol–water partition coefficient (Wildman–Crippen LogP) is 1.98. The number of aliphatic carboxylic acids is 1. The number of carbonyl (C=O) groups excluding carboxylic acids is 1. The van der Waals surface area contributed by atoms with Gasteiger partial charge in [0.05, 0.1) is 17.5 Å². The van der Waals surface area contributed by atoms with Crippen LogP contribution in [0.2, 0.25) is 0 Å². The molecule has 6 heteroatoms. The van der Waals surface area contributed by atoms with Crippen molar-refractivity contribution in [2.75, 3.05) is 13.2 Å². The van der Waals surface area contributed by atoms with Crippen molar-refractivity contribution in [1.82, 2.24) is 5.32 Å². The monoisotopic (exact) mass is 305 g/mol. The summed E-state index contributed by atoms with van der Waals surface area (Å²) in [5.41, 5.74) is -0.255. The average molecular weight is 305 g/mol. The largest absolute Gasteiger partial charge is 0.486 e. The van der Waals surface area contributed by atoms with E-state index in [0.717, 1.165) is 12.8 Å². The van der Waals surface area contributed by atoms with E-state index in [4.69, 9.17) is 14.6 Å². The Labute approximate surface area is 128 Å². The number of carbonyl (C=O) groups is 2. The van der Waals surface area contributed by atoms with E-state index in [1.54, 1.807) is 18.2 Å². The molecule has 6 nitrogen and oxygen atoms in total. The van der Waals surface area contributed by atoms with Crippen LogP contribution in [0.15, 0.2) is 18.2 Å². The van der Waals surface area contributed by atoms with Gasteiger partial charge in [-0.2, -0.15) is 0 Å². The molecule has 2 aliphatic rings. The van der Waals surface area contributed by atoms with Crippen LogP contribution in [-0.2, 0) is 4.79 Å². The van der Waals surface area contributed by atoms with Crippen molar-refractivity contribution in [2.45, 2.75) is 37.6 Å². The smallest absolute Gasteiger partial charge is 0.305 e. The van der Waals surface area contributed by atoms with Gasteiger partial charge in [0, 0.05) is 0 Å². The van der Waals surface area contributed by atoms with Crippen LogP contribution in [0.4, 0.5) is 0 Å². The van der Waals surface area contributed by atoms with E-state index in [1.807, 2.05) is 0 Å². The van der Waals surface area contributed by atoms with Gasteiger partial charge in [-0.05, 0) is 25.0 Å². The highest BCUT2D eigenvalue weighted by molar-refractivity contribution is 5.98. The molecule has 3 rings (SSSR count). The molecule has 0 bridgehead atoms. The van der Waals surface area contributed by atoms with E-state index in [9.17, 15) is 9.59 Å². The summed E-state index contributed by atoms with van der Waals surface area (Å²) in [4.78, 5) is 23.7. The first-order chi connectivity index (χ1) is 10.6. The molecule has 0 saturated heterocycles. The van der Waals surface area contributed by atoms with Gasteiger partial charge in [-0.15, -0.1) is 0 Å². The van der Waals surface area contributed by atoms with E-state index < -0.39 is 11.5 Å². The molecule has 1 heterocycles. The Kier molecular flexibility index (Phi) is 3.92. The van der Waals surface area contributed by atoms with E-state index in [-0.39, 0.29) is 12.3 Å². The molecular weight excluding hydrogens is 286 g/mol. The molecule has 0 spiro atoms. The summed E-state index contributed by atoms with van der Waals surface area (Å²) in [6, 6.07) is 5.17. The van der Waals surface area contributed by atoms with Gasteiger partial charge in [-0.1, -0.05) is 18.9 Å². The van der Waals surface area contributed by atoms with Crippen LogP contribution in [0.3, 0.4) is 0 Å². The number of benzene rings is 1. The first-order valence-electron chi connectivity index (χ1n) is 7.53. The highest BCUT2D eigenvalue weighted by Gasteiger charge is 2.38. The fraction of sp³-hybridized carbons (Fsp3) is 0.500. The summed E-state index contributed by atoms with van der Waals surface area (Å²) in [5, 5.41) is 12.1. The molecule has 1 saturated carbocycles. The number of fused-ring (bicyclic) bond motifs is 1. The summed E-state index contributed by atoms with van der Waals surface area (Å²) in [7, 11) is 0. The number of rotatable bonds is 4. The molecule has 1 aromatic carbocycles. The van der Waals surface area contributed by atoms with Crippen LogP contribution in [-0.4, -0.2) is 35.7 Å². The Bertz CT molecular complexity index is 592.